The topological polar surface area (TPSA) is 45.6 Å². The van der Waals surface area contributed by atoms with Crippen LogP contribution in [0.25, 0.3) is 0 Å². The lowest BCUT2D eigenvalue weighted by atomic mass is 10.4. The summed E-state index contributed by atoms with van der Waals surface area (Å²) in [5.41, 5.74) is 0. The Morgan fingerprint density at radius 1 is 1.50 bits per heavy atom. The van der Waals surface area contributed by atoms with Crippen LogP contribution in [0.2, 0.25) is 0 Å². The van der Waals surface area contributed by atoms with Gasteiger partial charge in [-0.2, -0.15) is 4.98 Å². The molecule has 0 aliphatic carbocycles. The van der Waals surface area contributed by atoms with Gasteiger partial charge in [-0.15, -0.1) is 0 Å². The average Bonchev–Trinajstić information content (AvgIpc) is 2.28. The lowest BCUT2D eigenvalue weighted by Gasteiger charge is -2.22. The van der Waals surface area contributed by atoms with Crippen molar-refractivity contribution in [3.05, 3.63) is 18.2 Å². The van der Waals surface area contributed by atoms with E-state index in [4.69, 9.17) is 9.84 Å². The predicted octanol–water partition coefficient (Wildman–Crippen LogP) is 1.15. The molecule has 16 heavy (non-hydrogen) atoms. The van der Waals surface area contributed by atoms with E-state index in [-0.39, 0.29) is 13.2 Å². The molecule has 6 heteroatoms. The van der Waals surface area contributed by atoms with Crippen LogP contribution < -0.4 is 9.64 Å². The SMILES string of the molecule is COc1cccc(N(CCO)CC(F)F)n1. The largest absolute Gasteiger partial charge is 0.481 e. The molecule has 0 unspecified atom stereocenters. The normalized spacial score (nSPS) is 10.6. The summed E-state index contributed by atoms with van der Waals surface area (Å²) in [5.74, 6) is 0.725. The molecule has 0 amide bonds. The zero-order valence-corrected chi connectivity index (χ0v) is 8.94. The van der Waals surface area contributed by atoms with Crippen molar-refractivity contribution in [3.63, 3.8) is 0 Å². The highest BCUT2D eigenvalue weighted by molar-refractivity contribution is 5.40. The highest BCUT2D eigenvalue weighted by atomic mass is 19.3. The van der Waals surface area contributed by atoms with Crippen molar-refractivity contribution >= 4 is 5.82 Å². The van der Waals surface area contributed by atoms with Gasteiger partial charge >= 0.3 is 0 Å². The summed E-state index contributed by atoms with van der Waals surface area (Å²) < 4.78 is 29.5. The van der Waals surface area contributed by atoms with Crippen LogP contribution in [0.5, 0.6) is 5.88 Å². The minimum absolute atomic E-state index is 0.116. The molecule has 0 fully saturated rings. The van der Waals surface area contributed by atoms with Crippen molar-refractivity contribution in [2.45, 2.75) is 6.43 Å². The molecule has 90 valence electrons. The van der Waals surface area contributed by atoms with Gasteiger partial charge in [0.15, 0.2) is 0 Å². The Balaban J connectivity index is 2.82. The molecule has 0 aliphatic rings. The van der Waals surface area contributed by atoms with Crippen LogP contribution in [0.1, 0.15) is 0 Å². The fourth-order valence-electron chi connectivity index (χ4n) is 1.28. The molecule has 0 aliphatic heterocycles. The molecule has 0 bridgehead atoms. The first-order chi connectivity index (χ1) is 7.67. The van der Waals surface area contributed by atoms with Gasteiger partial charge in [0.05, 0.1) is 20.3 Å². The summed E-state index contributed by atoms with van der Waals surface area (Å²) in [6.07, 6.45) is -2.47. The molecule has 0 aromatic carbocycles. The van der Waals surface area contributed by atoms with Crippen molar-refractivity contribution in [1.82, 2.24) is 4.98 Å². The number of methoxy groups -OCH3 is 1. The zero-order chi connectivity index (χ0) is 12.0. The molecule has 0 spiro atoms. The highest BCUT2D eigenvalue weighted by Crippen LogP contribution is 2.16. The second-order valence-corrected chi connectivity index (χ2v) is 3.10. The fraction of sp³-hybridized carbons (Fsp3) is 0.500. The van der Waals surface area contributed by atoms with Crippen LogP contribution in [-0.4, -0.2) is 43.3 Å². The number of aromatic nitrogens is 1. The Hall–Kier alpha value is -1.43. The van der Waals surface area contributed by atoms with E-state index < -0.39 is 13.0 Å². The van der Waals surface area contributed by atoms with E-state index in [0.29, 0.717) is 11.7 Å². The van der Waals surface area contributed by atoms with Crippen LogP contribution in [0.15, 0.2) is 18.2 Å². The number of rotatable bonds is 6. The molecule has 0 atom stereocenters. The fourth-order valence-corrected chi connectivity index (χ4v) is 1.28. The third-order valence-electron chi connectivity index (χ3n) is 1.97. The van der Waals surface area contributed by atoms with Gasteiger partial charge in [0, 0.05) is 12.6 Å². The Kier molecular flexibility index (Phi) is 4.91. The molecule has 1 N–H and O–H groups in total. The van der Waals surface area contributed by atoms with Crippen molar-refractivity contribution < 1.29 is 18.6 Å². The molecular weight excluding hydrogens is 218 g/mol. The number of halogens is 2. The average molecular weight is 232 g/mol. The summed E-state index contributed by atoms with van der Waals surface area (Å²) in [7, 11) is 1.45. The van der Waals surface area contributed by atoms with E-state index in [1.54, 1.807) is 18.2 Å². The number of ether oxygens (including phenoxy) is 1. The molecule has 4 nitrogen and oxygen atoms in total. The molecular formula is C10H14F2N2O2. The number of alkyl halides is 2. The van der Waals surface area contributed by atoms with Crippen LogP contribution in [-0.2, 0) is 0 Å². The second kappa shape index (κ2) is 6.22. The van der Waals surface area contributed by atoms with Gasteiger partial charge in [0.1, 0.15) is 5.82 Å². The Morgan fingerprint density at radius 2 is 2.25 bits per heavy atom. The van der Waals surface area contributed by atoms with E-state index >= 15 is 0 Å². The highest BCUT2D eigenvalue weighted by Gasteiger charge is 2.13. The minimum Gasteiger partial charge on any atom is -0.481 e. The number of aliphatic hydroxyl groups is 1. The van der Waals surface area contributed by atoms with E-state index in [9.17, 15) is 8.78 Å². The van der Waals surface area contributed by atoms with Gasteiger partial charge < -0.3 is 14.7 Å². The van der Waals surface area contributed by atoms with Crippen LogP contribution in [0.4, 0.5) is 14.6 Å². The molecule has 0 saturated heterocycles. The maximum absolute atomic E-state index is 12.3. The first-order valence-electron chi connectivity index (χ1n) is 4.82. The van der Waals surface area contributed by atoms with E-state index in [1.165, 1.54) is 12.0 Å². The van der Waals surface area contributed by atoms with Crippen molar-refractivity contribution in [2.75, 3.05) is 31.7 Å². The first-order valence-corrected chi connectivity index (χ1v) is 4.82. The quantitative estimate of drug-likeness (QED) is 0.799. The monoisotopic (exact) mass is 232 g/mol. The van der Waals surface area contributed by atoms with Crippen molar-refractivity contribution in [2.24, 2.45) is 0 Å². The number of hydrogen-bond donors (Lipinski definition) is 1. The van der Waals surface area contributed by atoms with Gasteiger partial charge in [-0.05, 0) is 6.07 Å². The van der Waals surface area contributed by atoms with E-state index in [2.05, 4.69) is 4.98 Å². The number of aliphatic hydroxyl groups excluding tert-OH is 1. The third kappa shape index (κ3) is 3.62. The summed E-state index contributed by atoms with van der Waals surface area (Å²) in [5, 5.41) is 8.79. The van der Waals surface area contributed by atoms with Gasteiger partial charge in [-0.25, -0.2) is 8.78 Å². The van der Waals surface area contributed by atoms with Crippen LogP contribution in [0.3, 0.4) is 0 Å². The maximum atomic E-state index is 12.3. The first kappa shape index (κ1) is 12.6. The van der Waals surface area contributed by atoms with Gasteiger partial charge in [0.2, 0.25) is 5.88 Å². The minimum atomic E-state index is -2.47. The molecule has 0 radical (unpaired) electrons. The Morgan fingerprint density at radius 3 is 2.81 bits per heavy atom. The number of nitrogens with zero attached hydrogens (tertiary/aromatic N) is 2. The summed E-state index contributed by atoms with van der Waals surface area (Å²) >= 11 is 0. The maximum Gasteiger partial charge on any atom is 0.255 e. The number of anilines is 1. The van der Waals surface area contributed by atoms with Crippen molar-refractivity contribution in [3.8, 4) is 5.88 Å². The van der Waals surface area contributed by atoms with E-state index in [0.717, 1.165) is 0 Å². The Bertz CT molecular complexity index is 323. The molecule has 0 saturated carbocycles. The van der Waals surface area contributed by atoms with Gasteiger partial charge in [0.25, 0.3) is 6.43 Å². The third-order valence-corrected chi connectivity index (χ3v) is 1.97. The summed E-state index contributed by atoms with van der Waals surface area (Å²) in [4.78, 5) is 5.34. The van der Waals surface area contributed by atoms with E-state index in [1.807, 2.05) is 0 Å². The standard InChI is InChI=1S/C10H14F2N2O2/c1-16-10-4-2-3-9(13-10)14(5-6-15)7-8(11)12/h2-4,8,15H,5-7H2,1H3. The smallest absolute Gasteiger partial charge is 0.255 e. The summed E-state index contributed by atoms with van der Waals surface area (Å²) in [6, 6.07) is 4.89. The lowest BCUT2D eigenvalue weighted by Crippen LogP contribution is -2.32. The van der Waals surface area contributed by atoms with Gasteiger partial charge in [-0.3, -0.25) is 0 Å². The second-order valence-electron chi connectivity index (χ2n) is 3.10. The van der Waals surface area contributed by atoms with Crippen molar-refractivity contribution in [1.29, 1.82) is 0 Å². The molecule has 1 rings (SSSR count). The van der Waals surface area contributed by atoms with Gasteiger partial charge in [-0.1, -0.05) is 6.07 Å². The number of pyridine rings is 1. The van der Waals surface area contributed by atoms with Crippen LogP contribution in [0, 0.1) is 0 Å². The number of hydrogen-bond acceptors (Lipinski definition) is 4. The zero-order valence-electron chi connectivity index (χ0n) is 8.94. The molecule has 1 aromatic heterocycles. The summed E-state index contributed by atoms with van der Waals surface area (Å²) in [6.45, 7) is -0.545. The molecule has 1 aromatic rings. The van der Waals surface area contributed by atoms with Crippen LogP contribution >= 0.6 is 0 Å². The lowest BCUT2D eigenvalue weighted by molar-refractivity contribution is 0.152. The Labute approximate surface area is 92.5 Å². The predicted molar refractivity (Wildman–Crippen MR) is 56.1 cm³/mol. The molecule has 1 heterocycles.